The molecule has 0 spiro atoms. The number of nitrogens with one attached hydrogen (secondary N) is 1. The lowest BCUT2D eigenvalue weighted by Gasteiger charge is -2.10. The first-order valence-corrected chi connectivity index (χ1v) is 11.1. The number of aryl methyl sites for hydroxylation is 3. The molecular weight excluding hydrogens is 430 g/mol. The monoisotopic (exact) mass is 453 g/mol. The molecule has 0 aliphatic heterocycles. The second-order valence-electron chi connectivity index (χ2n) is 8.33. The Hall–Kier alpha value is -4.39. The molecule has 5 aromatic rings. The first-order chi connectivity index (χ1) is 16.4. The van der Waals surface area contributed by atoms with Crippen LogP contribution in [0.2, 0.25) is 0 Å². The number of aromatic nitrogens is 1. The summed E-state index contributed by atoms with van der Waals surface area (Å²) in [7, 11) is 0. The Morgan fingerprint density at radius 3 is 2.56 bits per heavy atom. The van der Waals surface area contributed by atoms with E-state index in [9.17, 15) is 14.9 Å². The van der Waals surface area contributed by atoms with E-state index >= 15 is 0 Å². The normalized spacial score (nSPS) is 11.3. The Morgan fingerprint density at radius 1 is 1.03 bits per heavy atom. The standard InChI is InChI=1S/C27H23N3O4/c1-4-29-22-11-6-5-10-20(22)25-24(27(29)31)23(18-8-7-9-19(15-18)30(32)33)26(34-25)28-21-13-12-16(2)14-17(21)3/h5-15,28H,4H2,1-3H3. The molecule has 0 aliphatic rings. The van der Waals surface area contributed by atoms with Crippen molar-refractivity contribution >= 4 is 39.1 Å². The molecule has 3 aromatic carbocycles. The molecule has 0 radical (unpaired) electrons. The molecular formula is C27H23N3O4. The van der Waals surface area contributed by atoms with Gasteiger partial charge in [-0.1, -0.05) is 42.0 Å². The van der Waals surface area contributed by atoms with Crippen molar-refractivity contribution in [1.29, 1.82) is 0 Å². The third-order valence-corrected chi connectivity index (χ3v) is 6.10. The van der Waals surface area contributed by atoms with E-state index in [4.69, 9.17) is 4.42 Å². The van der Waals surface area contributed by atoms with Gasteiger partial charge in [0, 0.05) is 29.8 Å². The van der Waals surface area contributed by atoms with Crippen LogP contribution in [0.4, 0.5) is 17.3 Å². The van der Waals surface area contributed by atoms with Gasteiger partial charge in [-0.15, -0.1) is 0 Å². The van der Waals surface area contributed by atoms with E-state index < -0.39 is 4.92 Å². The molecule has 0 bridgehead atoms. The number of nitro benzene ring substituents is 1. The third kappa shape index (κ3) is 3.42. The summed E-state index contributed by atoms with van der Waals surface area (Å²) < 4.78 is 8.05. The van der Waals surface area contributed by atoms with E-state index in [2.05, 4.69) is 11.4 Å². The predicted molar refractivity (Wildman–Crippen MR) is 135 cm³/mol. The summed E-state index contributed by atoms with van der Waals surface area (Å²) in [6.07, 6.45) is 0. The molecule has 7 heteroatoms. The highest BCUT2D eigenvalue weighted by atomic mass is 16.6. The molecule has 0 fully saturated rings. The number of non-ortho nitro benzene ring substituents is 1. The van der Waals surface area contributed by atoms with Gasteiger partial charge in [-0.25, -0.2) is 0 Å². The topological polar surface area (TPSA) is 90.3 Å². The number of nitro groups is 1. The fraction of sp³-hybridized carbons (Fsp3) is 0.148. The van der Waals surface area contributed by atoms with Gasteiger partial charge in [0.1, 0.15) is 0 Å². The van der Waals surface area contributed by atoms with Crippen molar-refractivity contribution in [3.05, 3.63) is 98.3 Å². The van der Waals surface area contributed by atoms with Gasteiger partial charge < -0.3 is 14.3 Å². The van der Waals surface area contributed by atoms with Crippen molar-refractivity contribution in [3.8, 4) is 11.1 Å². The molecule has 2 aromatic heterocycles. The van der Waals surface area contributed by atoms with Crippen molar-refractivity contribution in [2.45, 2.75) is 27.3 Å². The van der Waals surface area contributed by atoms with Crippen LogP contribution in [0, 0.1) is 24.0 Å². The number of nitrogens with zero attached hydrogens (tertiary/aromatic N) is 2. The van der Waals surface area contributed by atoms with Gasteiger partial charge >= 0.3 is 0 Å². The van der Waals surface area contributed by atoms with Crippen LogP contribution in [0.15, 0.2) is 75.9 Å². The number of fused-ring (bicyclic) bond motifs is 3. The largest absolute Gasteiger partial charge is 0.439 e. The second kappa shape index (κ2) is 8.19. The number of para-hydroxylation sites is 1. The Morgan fingerprint density at radius 2 is 1.82 bits per heavy atom. The average Bonchev–Trinajstić information content (AvgIpc) is 3.21. The van der Waals surface area contributed by atoms with Crippen molar-refractivity contribution in [1.82, 2.24) is 4.57 Å². The van der Waals surface area contributed by atoms with Crippen LogP contribution in [0.25, 0.3) is 33.0 Å². The molecule has 0 amide bonds. The Labute approximate surface area is 195 Å². The number of hydrogen-bond donors (Lipinski definition) is 1. The molecule has 0 saturated heterocycles. The van der Waals surface area contributed by atoms with Gasteiger partial charge in [-0.3, -0.25) is 14.9 Å². The summed E-state index contributed by atoms with van der Waals surface area (Å²) in [6.45, 7) is 6.41. The molecule has 0 saturated carbocycles. The summed E-state index contributed by atoms with van der Waals surface area (Å²) in [6, 6.07) is 19.9. The maximum absolute atomic E-state index is 13.7. The zero-order valence-corrected chi connectivity index (χ0v) is 19.1. The minimum atomic E-state index is -0.442. The minimum Gasteiger partial charge on any atom is -0.439 e. The van der Waals surface area contributed by atoms with Crippen LogP contribution >= 0.6 is 0 Å². The molecule has 1 N–H and O–H groups in total. The summed E-state index contributed by atoms with van der Waals surface area (Å²) in [5, 5.41) is 16.0. The zero-order chi connectivity index (χ0) is 24.0. The summed E-state index contributed by atoms with van der Waals surface area (Å²) >= 11 is 0. The van der Waals surface area contributed by atoms with Crippen LogP contribution in [-0.4, -0.2) is 9.49 Å². The maximum atomic E-state index is 13.7. The van der Waals surface area contributed by atoms with Crippen LogP contribution in [0.3, 0.4) is 0 Å². The Balaban J connectivity index is 1.89. The van der Waals surface area contributed by atoms with Crippen molar-refractivity contribution in [3.63, 3.8) is 0 Å². The lowest BCUT2D eigenvalue weighted by Crippen LogP contribution is -2.19. The maximum Gasteiger partial charge on any atom is 0.270 e. The first-order valence-electron chi connectivity index (χ1n) is 11.1. The number of furan rings is 1. The van der Waals surface area contributed by atoms with Crippen LogP contribution in [0.5, 0.6) is 0 Å². The molecule has 5 rings (SSSR count). The number of anilines is 2. The van der Waals surface area contributed by atoms with Gasteiger partial charge in [-0.05, 0) is 50.1 Å². The lowest BCUT2D eigenvalue weighted by atomic mass is 10.0. The van der Waals surface area contributed by atoms with Crippen LogP contribution in [-0.2, 0) is 6.54 Å². The van der Waals surface area contributed by atoms with E-state index in [0.29, 0.717) is 34.5 Å². The second-order valence-corrected chi connectivity index (χ2v) is 8.33. The third-order valence-electron chi connectivity index (χ3n) is 6.10. The summed E-state index contributed by atoms with van der Waals surface area (Å²) in [5.74, 6) is 0.374. The number of pyridine rings is 1. The molecule has 170 valence electrons. The predicted octanol–water partition coefficient (Wildman–Crippen LogP) is 6.70. The number of hydrogen-bond acceptors (Lipinski definition) is 5. The van der Waals surface area contributed by atoms with Crippen LogP contribution < -0.4 is 10.9 Å². The fourth-order valence-electron chi connectivity index (χ4n) is 4.50. The highest BCUT2D eigenvalue weighted by Crippen LogP contribution is 2.42. The van der Waals surface area contributed by atoms with Crippen molar-refractivity contribution < 1.29 is 9.34 Å². The highest BCUT2D eigenvalue weighted by molar-refractivity contribution is 6.11. The van der Waals surface area contributed by atoms with Gasteiger partial charge in [0.15, 0.2) is 5.58 Å². The molecule has 0 unspecified atom stereocenters. The van der Waals surface area contributed by atoms with Gasteiger partial charge in [0.05, 0.1) is 21.4 Å². The first kappa shape index (κ1) is 21.5. The highest BCUT2D eigenvalue weighted by Gasteiger charge is 2.24. The summed E-state index contributed by atoms with van der Waals surface area (Å²) in [4.78, 5) is 24.7. The Bertz CT molecular complexity index is 1650. The zero-order valence-electron chi connectivity index (χ0n) is 19.1. The molecule has 34 heavy (non-hydrogen) atoms. The molecule has 2 heterocycles. The molecule has 0 aliphatic carbocycles. The minimum absolute atomic E-state index is 0.0547. The quantitative estimate of drug-likeness (QED) is 0.236. The van der Waals surface area contributed by atoms with Crippen molar-refractivity contribution in [2.75, 3.05) is 5.32 Å². The van der Waals surface area contributed by atoms with Crippen LogP contribution in [0.1, 0.15) is 18.1 Å². The van der Waals surface area contributed by atoms with Gasteiger partial charge in [0.2, 0.25) is 5.88 Å². The van der Waals surface area contributed by atoms with E-state index in [1.165, 1.54) is 12.1 Å². The smallest absolute Gasteiger partial charge is 0.270 e. The lowest BCUT2D eigenvalue weighted by molar-refractivity contribution is -0.384. The average molecular weight is 453 g/mol. The van der Waals surface area contributed by atoms with E-state index in [-0.39, 0.29) is 11.2 Å². The molecule has 7 nitrogen and oxygen atoms in total. The van der Waals surface area contributed by atoms with E-state index in [1.54, 1.807) is 16.7 Å². The molecule has 0 atom stereocenters. The van der Waals surface area contributed by atoms with Crippen molar-refractivity contribution in [2.24, 2.45) is 0 Å². The number of benzene rings is 3. The van der Waals surface area contributed by atoms with E-state index in [0.717, 1.165) is 27.7 Å². The number of rotatable bonds is 5. The van der Waals surface area contributed by atoms with E-state index in [1.807, 2.05) is 57.2 Å². The Kier molecular flexibility index (Phi) is 5.17. The van der Waals surface area contributed by atoms with Gasteiger partial charge in [-0.2, -0.15) is 0 Å². The van der Waals surface area contributed by atoms with Gasteiger partial charge in [0.25, 0.3) is 11.2 Å². The summed E-state index contributed by atoms with van der Waals surface area (Å²) in [5.41, 5.74) is 5.00. The SMILES string of the molecule is CCn1c(=O)c2c(-c3cccc([N+](=O)[O-])c3)c(Nc3ccc(C)cc3C)oc2c2ccccc21. The fourth-order valence-corrected chi connectivity index (χ4v) is 4.50.